The molecule has 0 aliphatic carbocycles. The van der Waals surface area contributed by atoms with Crippen LogP contribution in [0.3, 0.4) is 0 Å². The van der Waals surface area contributed by atoms with Gasteiger partial charge in [-0.1, -0.05) is 26.0 Å². The topological polar surface area (TPSA) is 54.0 Å². The van der Waals surface area contributed by atoms with Crippen molar-refractivity contribution in [2.75, 3.05) is 10.6 Å². The molecule has 1 heterocycles. The molecule has 21 heavy (non-hydrogen) atoms. The van der Waals surface area contributed by atoms with Gasteiger partial charge in [0.2, 0.25) is 5.91 Å². The number of pyridine rings is 1. The quantitative estimate of drug-likeness (QED) is 0.868. The first-order chi connectivity index (χ1) is 10.0. The third-order valence-electron chi connectivity index (χ3n) is 2.93. The van der Waals surface area contributed by atoms with E-state index in [1.165, 1.54) is 5.56 Å². The van der Waals surface area contributed by atoms with Gasteiger partial charge in [-0.2, -0.15) is 0 Å². The van der Waals surface area contributed by atoms with Crippen LogP contribution in [0.4, 0.5) is 17.2 Å². The molecule has 2 rings (SSSR count). The van der Waals surface area contributed by atoms with Crippen LogP contribution >= 0.6 is 0 Å². The molecule has 0 radical (unpaired) electrons. The number of aromatic nitrogens is 1. The molecule has 110 valence electrons. The summed E-state index contributed by atoms with van der Waals surface area (Å²) in [6.07, 6.45) is 2.22. The Labute approximate surface area is 125 Å². The number of rotatable bonds is 5. The predicted molar refractivity (Wildman–Crippen MR) is 86.8 cm³/mol. The number of aryl methyl sites for hydroxylation is 1. The van der Waals surface area contributed by atoms with Gasteiger partial charge in [-0.3, -0.25) is 4.79 Å². The standard InChI is InChI=1S/C17H21N3O/c1-12(2)9-17(21)20-16-8-7-15(11-18-16)19-14-6-4-5-13(3)10-14/h4-8,10-12,19H,9H2,1-3H3,(H,18,20,21). The molecule has 0 spiro atoms. The number of hydrogen-bond acceptors (Lipinski definition) is 3. The summed E-state index contributed by atoms with van der Waals surface area (Å²) < 4.78 is 0. The number of benzene rings is 1. The Bertz CT molecular complexity index is 606. The van der Waals surface area contributed by atoms with Crippen LogP contribution in [0, 0.1) is 12.8 Å². The van der Waals surface area contributed by atoms with E-state index >= 15 is 0 Å². The minimum absolute atomic E-state index is 0.00288. The molecule has 1 amide bonds. The van der Waals surface area contributed by atoms with E-state index < -0.39 is 0 Å². The molecule has 0 aliphatic heterocycles. The summed E-state index contributed by atoms with van der Waals surface area (Å²) in [6, 6.07) is 11.8. The smallest absolute Gasteiger partial charge is 0.225 e. The molecule has 1 aromatic carbocycles. The Morgan fingerprint density at radius 2 is 2.00 bits per heavy atom. The van der Waals surface area contributed by atoms with Gasteiger partial charge in [-0.05, 0) is 42.7 Å². The van der Waals surface area contributed by atoms with Gasteiger partial charge >= 0.3 is 0 Å². The van der Waals surface area contributed by atoms with E-state index in [-0.39, 0.29) is 5.91 Å². The lowest BCUT2D eigenvalue weighted by molar-refractivity contribution is -0.116. The second-order valence-electron chi connectivity index (χ2n) is 5.57. The van der Waals surface area contributed by atoms with Crippen molar-refractivity contribution in [3.63, 3.8) is 0 Å². The minimum atomic E-state index is -0.00288. The van der Waals surface area contributed by atoms with Crippen molar-refractivity contribution in [2.45, 2.75) is 27.2 Å². The molecule has 1 aromatic heterocycles. The number of nitrogens with zero attached hydrogens (tertiary/aromatic N) is 1. The van der Waals surface area contributed by atoms with E-state index in [1.807, 2.05) is 32.0 Å². The van der Waals surface area contributed by atoms with Gasteiger partial charge in [0.15, 0.2) is 0 Å². The Hall–Kier alpha value is -2.36. The molecule has 2 N–H and O–H groups in total. The van der Waals surface area contributed by atoms with E-state index in [0.29, 0.717) is 18.2 Å². The Kier molecular flexibility index (Phi) is 4.93. The van der Waals surface area contributed by atoms with Gasteiger partial charge in [0, 0.05) is 12.1 Å². The number of carbonyl (C=O) groups is 1. The lowest BCUT2D eigenvalue weighted by Crippen LogP contribution is -2.14. The summed E-state index contributed by atoms with van der Waals surface area (Å²) >= 11 is 0. The van der Waals surface area contributed by atoms with Crippen molar-refractivity contribution in [2.24, 2.45) is 5.92 Å². The van der Waals surface area contributed by atoms with Crippen molar-refractivity contribution in [1.29, 1.82) is 0 Å². The van der Waals surface area contributed by atoms with Crippen molar-refractivity contribution in [1.82, 2.24) is 4.98 Å². The van der Waals surface area contributed by atoms with Gasteiger partial charge in [0.05, 0.1) is 11.9 Å². The first kappa shape index (κ1) is 15.0. The summed E-state index contributed by atoms with van der Waals surface area (Å²) in [5.74, 6) is 0.916. The second kappa shape index (κ2) is 6.88. The van der Waals surface area contributed by atoms with Crippen LogP contribution in [0.25, 0.3) is 0 Å². The van der Waals surface area contributed by atoms with Gasteiger partial charge in [-0.15, -0.1) is 0 Å². The molecule has 4 nitrogen and oxygen atoms in total. The molecule has 0 saturated carbocycles. The summed E-state index contributed by atoms with van der Waals surface area (Å²) in [5, 5.41) is 6.08. The molecule has 4 heteroatoms. The third kappa shape index (κ3) is 4.91. The van der Waals surface area contributed by atoms with Crippen LogP contribution in [0.15, 0.2) is 42.6 Å². The van der Waals surface area contributed by atoms with Crippen LogP contribution in [-0.4, -0.2) is 10.9 Å². The highest BCUT2D eigenvalue weighted by Crippen LogP contribution is 2.18. The number of hydrogen-bond donors (Lipinski definition) is 2. The molecule has 0 aliphatic rings. The first-order valence-electron chi connectivity index (χ1n) is 7.12. The number of nitrogens with one attached hydrogen (secondary N) is 2. The van der Waals surface area contributed by atoms with Gasteiger partial charge in [0.25, 0.3) is 0 Å². The average molecular weight is 283 g/mol. The predicted octanol–water partition coefficient (Wildman–Crippen LogP) is 4.12. The molecular formula is C17H21N3O. The molecule has 0 fully saturated rings. The molecule has 0 saturated heterocycles. The Morgan fingerprint density at radius 1 is 1.19 bits per heavy atom. The van der Waals surface area contributed by atoms with Crippen LogP contribution in [0.2, 0.25) is 0 Å². The van der Waals surface area contributed by atoms with Crippen LogP contribution in [0.5, 0.6) is 0 Å². The lowest BCUT2D eigenvalue weighted by atomic mass is 10.1. The number of carbonyl (C=O) groups excluding carboxylic acids is 1. The minimum Gasteiger partial charge on any atom is -0.354 e. The highest BCUT2D eigenvalue weighted by atomic mass is 16.1. The molecule has 0 atom stereocenters. The fraction of sp³-hybridized carbons (Fsp3) is 0.294. The fourth-order valence-electron chi connectivity index (χ4n) is 2.00. The first-order valence-corrected chi connectivity index (χ1v) is 7.12. The SMILES string of the molecule is Cc1cccc(Nc2ccc(NC(=O)CC(C)C)nc2)c1. The molecule has 2 aromatic rings. The van der Waals surface area contributed by atoms with Gasteiger partial charge in [0.1, 0.15) is 5.82 Å². The Morgan fingerprint density at radius 3 is 2.62 bits per heavy atom. The van der Waals surface area contributed by atoms with Crippen molar-refractivity contribution < 1.29 is 4.79 Å². The maximum absolute atomic E-state index is 11.7. The molecule has 0 bridgehead atoms. The molecular weight excluding hydrogens is 262 g/mol. The van der Waals surface area contributed by atoms with Gasteiger partial charge < -0.3 is 10.6 Å². The maximum Gasteiger partial charge on any atom is 0.225 e. The fourth-order valence-corrected chi connectivity index (χ4v) is 2.00. The zero-order valence-electron chi connectivity index (χ0n) is 12.7. The van der Waals surface area contributed by atoms with Crippen molar-refractivity contribution in [3.05, 3.63) is 48.2 Å². The molecule has 0 unspecified atom stereocenters. The average Bonchev–Trinajstić information content (AvgIpc) is 2.40. The zero-order chi connectivity index (χ0) is 15.2. The summed E-state index contributed by atoms with van der Waals surface area (Å²) in [4.78, 5) is 15.9. The van der Waals surface area contributed by atoms with Crippen molar-refractivity contribution >= 4 is 23.1 Å². The highest BCUT2D eigenvalue weighted by Gasteiger charge is 2.06. The monoisotopic (exact) mass is 283 g/mol. The Balaban J connectivity index is 1.97. The highest BCUT2D eigenvalue weighted by molar-refractivity contribution is 5.89. The zero-order valence-corrected chi connectivity index (χ0v) is 12.7. The number of anilines is 3. The van der Waals surface area contributed by atoms with Crippen molar-refractivity contribution in [3.8, 4) is 0 Å². The third-order valence-corrected chi connectivity index (χ3v) is 2.93. The number of amides is 1. The van der Waals surface area contributed by atoms with E-state index in [9.17, 15) is 4.79 Å². The van der Waals surface area contributed by atoms with Gasteiger partial charge in [-0.25, -0.2) is 4.98 Å². The largest absolute Gasteiger partial charge is 0.354 e. The van der Waals surface area contributed by atoms with E-state index in [0.717, 1.165) is 11.4 Å². The van der Waals surface area contributed by atoms with E-state index in [2.05, 4.69) is 34.7 Å². The normalized spacial score (nSPS) is 10.5. The summed E-state index contributed by atoms with van der Waals surface area (Å²) in [6.45, 7) is 6.08. The van der Waals surface area contributed by atoms with E-state index in [4.69, 9.17) is 0 Å². The summed E-state index contributed by atoms with van der Waals surface area (Å²) in [5.41, 5.74) is 3.11. The summed E-state index contributed by atoms with van der Waals surface area (Å²) in [7, 11) is 0. The van der Waals surface area contributed by atoms with E-state index in [1.54, 1.807) is 12.3 Å². The van der Waals surface area contributed by atoms with Crippen LogP contribution in [0.1, 0.15) is 25.8 Å². The lowest BCUT2D eigenvalue weighted by Gasteiger charge is -2.09. The van der Waals surface area contributed by atoms with Crippen LogP contribution in [-0.2, 0) is 4.79 Å². The van der Waals surface area contributed by atoms with Crippen LogP contribution < -0.4 is 10.6 Å². The second-order valence-corrected chi connectivity index (χ2v) is 5.57. The maximum atomic E-state index is 11.7.